The van der Waals surface area contributed by atoms with Gasteiger partial charge in [-0.15, -0.1) is 0 Å². The summed E-state index contributed by atoms with van der Waals surface area (Å²) in [6.45, 7) is 6.21. The van der Waals surface area contributed by atoms with E-state index in [0.29, 0.717) is 18.8 Å². The van der Waals surface area contributed by atoms with Gasteiger partial charge >= 0.3 is 5.97 Å². The number of carboxylic acid groups (broad SMARTS) is 1. The summed E-state index contributed by atoms with van der Waals surface area (Å²) >= 11 is 0. The fourth-order valence-electron chi connectivity index (χ4n) is 2.39. The average molecular weight is 291 g/mol. The molecule has 0 aliphatic rings. The molecule has 0 aromatic heterocycles. The van der Waals surface area contributed by atoms with Crippen molar-refractivity contribution in [2.75, 3.05) is 6.54 Å². The SMILES string of the molecule is CCc1ccccc1CC(=O)NCC(CC(C)C)C(=O)O. The molecule has 0 fully saturated rings. The zero-order valence-corrected chi connectivity index (χ0v) is 13.1. The maximum Gasteiger partial charge on any atom is 0.308 e. The number of nitrogens with one attached hydrogen (secondary N) is 1. The van der Waals surface area contributed by atoms with Crippen molar-refractivity contribution in [2.24, 2.45) is 11.8 Å². The van der Waals surface area contributed by atoms with Gasteiger partial charge in [0.05, 0.1) is 12.3 Å². The summed E-state index contributed by atoms with van der Waals surface area (Å²) in [4.78, 5) is 23.1. The molecule has 1 aromatic carbocycles. The summed E-state index contributed by atoms with van der Waals surface area (Å²) in [5.41, 5.74) is 2.16. The maximum atomic E-state index is 12.0. The first-order chi connectivity index (χ1) is 9.93. The minimum absolute atomic E-state index is 0.120. The van der Waals surface area contributed by atoms with Crippen LogP contribution in [0.5, 0.6) is 0 Å². The first-order valence-electron chi connectivity index (χ1n) is 7.50. The topological polar surface area (TPSA) is 66.4 Å². The number of aryl methyl sites for hydroxylation is 1. The van der Waals surface area contributed by atoms with Crippen LogP contribution < -0.4 is 5.32 Å². The van der Waals surface area contributed by atoms with E-state index in [1.807, 2.05) is 38.1 Å². The highest BCUT2D eigenvalue weighted by Gasteiger charge is 2.19. The number of hydrogen-bond donors (Lipinski definition) is 2. The van der Waals surface area contributed by atoms with Crippen molar-refractivity contribution in [3.05, 3.63) is 35.4 Å². The number of carbonyl (C=O) groups excluding carboxylic acids is 1. The van der Waals surface area contributed by atoms with Gasteiger partial charge in [0.2, 0.25) is 5.91 Å². The summed E-state index contributed by atoms with van der Waals surface area (Å²) in [6.07, 6.45) is 1.76. The lowest BCUT2D eigenvalue weighted by atomic mass is 9.97. The van der Waals surface area contributed by atoms with Gasteiger partial charge in [-0.25, -0.2) is 0 Å². The molecule has 0 heterocycles. The molecule has 4 nitrogen and oxygen atoms in total. The van der Waals surface area contributed by atoms with Gasteiger partial charge in [0, 0.05) is 6.54 Å². The Kier molecular flexibility index (Phi) is 6.92. The highest BCUT2D eigenvalue weighted by atomic mass is 16.4. The van der Waals surface area contributed by atoms with Crippen molar-refractivity contribution < 1.29 is 14.7 Å². The smallest absolute Gasteiger partial charge is 0.308 e. The van der Waals surface area contributed by atoms with Crippen molar-refractivity contribution >= 4 is 11.9 Å². The molecule has 0 saturated heterocycles. The normalized spacial score (nSPS) is 12.2. The number of benzene rings is 1. The van der Waals surface area contributed by atoms with Crippen molar-refractivity contribution in [3.63, 3.8) is 0 Å². The number of amides is 1. The quantitative estimate of drug-likeness (QED) is 0.774. The van der Waals surface area contributed by atoms with Crippen LogP contribution in [0, 0.1) is 11.8 Å². The summed E-state index contributed by atoms with van der Waals surface area (Å²) in [6, 6.07) is 7.84. The Balaban J connectivity index is 2.55. The molecule has 1 aromatic rings. The molecule has 0 saturated carbocycles. The molecule has 0 aliphatic carbocycles. The predicted molar refractivity (Wildman–Crippen MR) is 83.1 cm³/mol. The molecule has 0 aliphatic heterocycles. The first kappa shape index (κ1) is 17.2. The molecule has 1 amide bonds. The molecule has 2 N–H and O–H groups in total. The van der Waals surface area contributed by atoms with E-state index in [4.69, 9.17) is 5.11 Å². The average Bonchev–Trinajstić information content (AvgIpc) is 2.43. The van der Waals surface area contributed by atoms with Crippen LogP contribution in [0.1, 0.15) is 38.3 Å². The third-order valence-corrected chi connectivity index (χ3v) is 3.50. The van der Waals surface area contributed by atoms with Crippen molar-refractivity contribution in [2.45, 2.75) is 40.0 Å². The van der Waals surface area contributed by atoms with Gasteiger partial charge in [-0.1, -0.05) is 45.0 Å². The van der Waals surface area contributed by atoms with Crippen LogP contribution in [-0.2, 0) is 22.4 Å². The number of carboxylic acids is 1. The van der Waals surface area contributed by atoms with E-state index in [-0.39, 0.29) is 12.5 Å². The van der Waals surface area contributed by atoms with Gasteiger partial charge < -0.3 is 10.4 Å². The minimum atomic E-state index is -0.849. The van der Waals surface area contributed by atoms with Gasteiger partial charge in [0.1, 0.15) is 0 Å². The Morgan fingerprint density at radius 3 is 2.33 bits per heavy atom. The zero-order valence-electron chi connectivity index (χ0n) is 13.1. The number of rotatable bonds is 8. The standard InChI is InChI=1S/C17H25NO3/c1-4-13-7-5-6-8-14(13)10-16(19)18-11-15(17(20)21)9-12(2)3/h5-8,12,15H,4,9-11H2,1-3H3,(H,18,19)(H,20,21). The van der Waals surface area contributed by atoms with Crippen molar-refractivity contribution in [1.29, 1.82) is 0 Å². The Bertz CT molecular complexity index is 483. The third-order valence-electron chi connectivity index (χ3n) is 3.50. The molecular formula is C17H25NO3. The lowest BCUT2D eigenvalue weighted by Gasteiger charge is -2.15. The summed E-state index contributed by atoms with van der Waals surface area (Å²) in [5, 5.41) is 11.9. The Hall–Kier alpha value is -1.84. The molecule has 1 atom stereocenters. The van der Waals surface area contributed by atoms with E-state index >= 15 is 0 Å². The number of carbonyl (C=O) groups is 2. The van der Waals surface area contributed by atoms with Gasteiger partial charge in [0.25, 0.3) is 0 Å². The molecule has 4 heteroatoms. The summed E-state index contributed by atoms with van der Waals surface area (Å²) in [5.74, 6) is -1.19. The lowest BCUT2D eigenvalue weighted by Crippen LogP contribution is -2.34. The van der Waals surface area contributed by atoms with Crippen molar-refractivity contribution in [3.8, 4) is 0 Å². The monoisotopic (exact) mass is 291 g/mol. The van der Waals surface area contributed by atoms with E-state index in [1.54, 1.807) is 0 Å². The van der Waals surface area contributed by atoms with E-state index in [9.17, 15) is 9.59 Å². The third kappa shape index (κ3) is 5.98. The minimum Gasteiger partial charge on any atom is -0.481 e. The first-order valence-corrected chi connectivity index (χ1v) is 7.50. The van der Waals surface area contributed by atoms with Gasteiger partial charge in [-0.3, -0.25) is 9.59 Å². The van der Waals surface area contributed by atoms with Crippen LogP contribution in [-0.4, -0.2) is 23.5 Å². The van der Waals surface area contributed by atoms with Crippen LogP contribution in [0.15, 0.2) is 24.3 Å². The molecule has 1 rings (SSSR count). The maximum absolute atomic E-state index is 12.0. The molecule has 0 bridgehead atoms. The number of aliphatic carboxylic acids is 1. The Morgan fingerprint density at radius 2 is 1.81 bits per heavy atom. The fraction of sp³-hybridized carbons (Fsp3) is 0.529. The Morgan fingerprint density at radius 1 is 1.19 bits per heavy atom. The van der Waals surface area contributed by atoms with E-state index in [0.717, 1.165) is 17.5 Å². The van der Waals surface area contributed by atoms with Crippen LogP contribution in [0.3, 0.4) is 0 Å². The highest BCUT2D eigenvalue weighted by molar-refractivity contribution is 5.79. The van der Waals surface area contributed by atoms with Gasteiger partial charge in [-0.2, -0.15) is 0 Å². The largest absolute Gasteiger partial charge is 0.481 e. The zero-order chi connectivity index (χ0) is 15.8. The summed E-state index contributed by atoms with van der Waals surface area (Å²) < 4.78 is 0. The molecule has 0 radical (unpaired) electrons. The lowest BCUT2D eigenvalue weighted by molar-refractivity contribution is -0.142. The van der Waals surface area contributed by atoms with E-state index in [2.05, 4.69) is 12.2 Å². The van der Waals surface area contributed by atoms with Gasteiger partial charge in [-0.05, 0) is 29.9 Å². The second-order valence-corrected chi connectivity index (χ2v) is 5.77. The predicted octanol–water partition coefficient (Wildman–Crippen LogP) is 2.65. The van der Waals surface area contributed by atoms with Crippen LogP contribution in [0.4, 0.5) is 0 Å². The van der Waals surface area contributed by atoms with Crippen molar-refractivity contribution in [1.82, 2.24) is 5.32 Å². The van der Waals surface area contributed by atoms with E-state index in [1.165, 1.54) is 0 Å². The molecular weight excluding hydrogens is 266 g/mol. The summed E-state index contributed by atoms with van der Waals surface area (Å²) in [7, 11) is 0. The molecule has 0 spiro atoms. The van der Waals surface area contributed by atoms with E-state index < -0.39 is 11.9 Å². The molecule has 1 unspecified atom stereocenters. The molecule has 116 valence electrons. The Labute approximate surface area is 126 Å². The van der Waals surface area contributed by atoms with Gasteiger partial charge in [0.15, 0.2) is 0 Å². The second-order valence-electron chi connectivity index (χ2n) is 5.77. The molecule has 21 heavy (non-hydrogen) atoms. The van der Waals surface area contributed by atoms with Crippen LogP contribution in [0.2, 0.25) is 0 Å². The second kappa shape index (κ2) is 8.45. The highest BCUT2D eigenvalue weighted by Crippen LogP contribution is 2.12. The number of hydrogen-bond acceptors (Lipinski definition) is 2. The van der Waals surface area contributed by atoms with Crippen LogP contribution in [0.25, 0.3) is 0 Å². The van der Waals surface area contributed by atoms with Crippen LogP contribution >= 0.6 is 0 Å². The fourth-order valence-corrected chi connectivity index (χ4v) is 2.39.